The molecule has 4 atom stereocenters. The Hall–Kier alpha value is -2.71. The summed E-state index contributed by atoms with van der Waals surface area (Å²) in [6.07, 6.45) is 2.25. The molecular weight excluding hydrogens is 441 g/mol. The number of Topliss-reactive ketones (excluding diaryl/α,β-unsaturated/α-hetero) is 1. The molecule has 160 valence electrons. The van der Waals surface area contributed by atoms with Gasteiger partial charge in [0.05, 0.1) is 28.8 Å². The monoisotopic (exact) mass is 459 g/mol. The van der Waals surface area contributed by atoms with Crippen LogP contribution in [0.4, 0.5) is 5.69 Å². The minimum atomic E-state index is -1.06. The molecule has 4 rings (SSSR count). The Kier molecular flexibility index (Phi) is 5.85. The number of amides is 2. The Morgan fingerprint density at radius 2 is 1.81 bits per heavy atom. The third-order valence-corrected chi connectivity index (χ3v) is 6.01. The number of carbonyl (C=O) groups is 3. The molecule has 0 radical (unpaired) electrons. The van der Waals surface area contributed by atoms with E-state index >= 15 is 0 Å². The number of nitrogens with zero attached hydrogens (tertiary/aromatic N) is 1. The number of ketones is 1. The molecule has 2 amide bonds. The number of hydrogen-bond donors (Lipinski definition) is 3. The molecule has 0 saturated carbocycles. The van der Waals surface area contributed by atoms with Gasteiger partial charge in [-0.15, -0.1) is 0 Å². The predicted octanol–water partition coefficient (Wildman–Crippen LogP) is 3.14. The van der Waals surface area contributed by atoms with Crippen LogP contribution in [0.5, 0.6) is 0 Å². The third-order valence-electron chi connectivity index (χ3n) is 5.46. The Labute approximate surface area is 188 Å². The van der Waals surface area contributed by atoms with E-state index in [-0.39, 0.29) is 5.78 Å². The van der Waals surface area contributed by atoms with Crippen molar-refractivity contribution in [3.63, 3.8) is 0 Å². The molecule has 3 N–H and O–H groups in total. The highest BCUT2D eigenvalue weighted by Gasteiger charge is 2.49. The number of halogens is 2. The molecule has 2 aliphatic heterocycles. The van der Waals surface area contributed by atoms with E-state index in [4.69, 9.17) is 23.2 Å². The Balaban J connectivity index is 1.70. The Bertz CT molecular complexity index is 1090. The van der Waals surface area contributed by atoms with E-state index in [0.717, 1.165) is 0 Å². The first-order valence-electron chi connectivity index (χ1n) is 9.58. The number of nitrogens with one attached hydrogen (secondary N) is 2. The summed E-state index contributed by atoms with van der Waals surface area (Å²) in [6, 6.07) is 9.85. The van der Waals surface area contributed by atoms with Gasteiger partial charge in [-0.25, -0.2) is 5.01 Å². The molecule has 1 saturated heterocycles. The molecule has 2 heterocycles. The largest absolute Gasteiger partial charge is 0.386 e. The maximum atomic E-state index is 12.6. The van der Waals surface area contributed by atoms with Crippen molar-refractivity contribution in [2.45, 2.75) is 25.1 Å². The first-order chi connectivity index (χ1) is 14.8. The number of anilines is 1. The van der Waals surface area contributed by atoms with E-state index in [2.05, 4.69) is 10.7 Å². The van der Waals surface area contributed by atoms with Crippen molar-refractivity contribution in [1.82, 2.24) is 10.3 Å². The summed E-state index contributed by atoms with van der Waals surface area (Å²) in [4.78, 5) is 36.3. The lowest BCUT2D eigenvalue weighted by molar-refractivity contribution is -0.126. The molecule has 7 nitrogen and oxygen atoms in total. The van der Waals surface area contributed by atoms with Crippen LogP contribution in [-0.4, -0.2) is 39.8 Å². The lowest BCUT2D eigenvalue weighted by atomic mass is 9.90. The van der Waals surface area contributed by atoms with E-state index in [1.807, 2.05) is 0 Å². The molecule has 2 aromatic carbocycles. The van der Waals surface area contributed by atoms with E-state index in [0.29, 0.717) is 26.9 Å². The van der Waals surface area contributed by atoms with Gasteiger partial charge < -0.3 is 10.5 Å². The number of rotatable bonds is 5. The number of hydrogen-bond acceptors (Lipinski definition) is 6. The van der Waals surface area contributed by atoms with Crippen molar-refractivity contribution in [3.05, 3.63) is 75.8 Å². The first kappa shape index (κ1) is 21.5. The number of aliphatic hydroxyl groups is 1. The van der Waals surface area contributed by atoms with Crippen molar-refractivity contribution in [2.75, 3.05) is 5.43 Å². The summed E-state index contributed by atoms with van der Waals surface area (Å²) in [5.41, 5.74) is 4.64. The molecule has 1 fully saturated rings. The van der Waals surface area contributed by atoms with Gasteiger partial charge in [-0.3, -0.25) is 19.7 Å². The van der Waals surface area contributed by atoms with Gasteiger partial charge in [0, 0.05) is 10.6 Å². The van der Waals surface area contributed by atoms with Gasteiger partial charge >= 0.3 is 0 Å². The lowest BCUT2D eigenvalue weighted by Gasteiger charge is -2.40. The van der Waals surface area contributed by atoms with Crippen molar-refractivity contribution in [3.8, 4) is 0 Å². The van der Waals surface area contributed by atoms with Crippen LogP contribution in [0.2, 0.25) is 10.0 Å². The number of carbonyl (C=O) groups excluding carboxylic acids is 3. The summed E-state index contributed by atoms with van der Waals surface area (Å²) in [6.45, 7) is 1.46. The highest BCUT2D eigenvalue weighted by Crippen LogP contribution is 2.35. The van der Waals surface area contributed by atoms with Gasteiger partial charge in [0.2, 0.25) is 11.8 Å². The molecule has 0 aromatic heterocycles. The second-order valence-corrected chi connectivity index (χ2v) is 8.31. The van der Waals surface area contributed by atoms with Crippen LogP contribution < -0.4 is 10.7 Å². The minimum absolute atomic E-state index is 0.0803. The van der Waals surface area contributed by atoms with E-state index in [9.17, 15) is 19.5 Å². The zero-order valence-corrected chi connectivity index (χ0v) is 17.9. The van der Waals surface area contributed by atoms with Crippen molar-refractivity contribution < 1.29 is 19.5 Å². The van der Waals surface area contributed by atoms with Gasteiger partial charge in [0.15, 0.2) is 5.78 Å². The SMILES string of the molecule is CC(=O)c1ccc(C(O)C2C=CC3C(=O)NC(=O)C3N2Nc2ccc(Cl)cc2Cl)cc1. The van der Waals surface area contributed by atoms with Crippen LogP contribution in [0.3, 0.4) is 0 Å². The van der Waals surface area contributed by atoms with E-state index < -0.39 is 35.9 Å². The topological polar surface area (TPSA) is 98.7 Å². The van der Waals surface area contributed by atoms with E-state index in [1.165, 1.54) is 11.9 Å². The highest BCUT2D eigenvalue weighted by atomic mass is 35.5. The van der Waals surface area contributed by atoms with Gasteiger partial charge in [0.1, 0.15) is 6.04 Å². The molecular formula is C22H19Cl2N3O4. The van der Waals surface area contributed by atoms with Crippen LogP contribution in [0, 0.1) is 5.92 Å². The fourth-order valence-corrected chi connectivity index (χ4v) is 4.27. The molecule has 0 spiro atoms. The molecule has 4 unspecified atom stereocenters. The molecule has 9 heteroatoms. The molecule has 31 heavy (non-hydrogen) atoms. The maximum Gasteiger partial charge on any atom is 0.246 e. The lowest BCUT2D eigenvalue weighted by Crippen LogP contribution is -2.55. The normalized spacial score (nSPS) is 23.9. The van der Waals surface area contributed by atoms with Gasteiger partial charge in [-0.1, -0.05) is 59.6 Å². The second kappa shape index (κ2) is 8.43. The Morgan fingerprint density at radius 3 is 2.45 bits per heavy atom. The second-order valence-electron chi connectivity index (χ2n) is 7.47. The third kappa shape index (κ3) is 4.09. The van der Waals surface area contributed by atoms with Crippen LogP contribution in [0.15, 0.2) is 54.6 Å². The molecule has 2 aromatic rings. The number of benzene rings is 2. The van der Waals surface area contributed by atoms with Gasteiger partial charge in [-0.2, -0.15) is 0 Å². The zero-order valence-electron chi connectivity index (χ0n) is 16.4. The number of hydrazine groups is 1. The first-order valence-corrected chi connectivity index (χ1v) is 10.3. The fourth-order valence-electron chi connectivity index (χ4n) is 3.82. The average Bonchev–Trinajstić information content (AvgIpc) is 3.03. The van der Waals surface area contributed by atoms with Crippen molar-refractivity contribution >= 4 is 46.5 Å². The number of aliphatic hydroxyl groups excluding tert-OH is 1. The van der Waals surface area contributed by atoms with Crippen LogP contribution in [0.25, 0.3) is 0 Å². The quantitative estimate of drug-likeness (QED) is 0.360. The average molecular weight is 460 g/mol. The maximum absolute atomic E-state index is 12.6. The summed E-state index contributed by atoms with van der Waals surface area (Å²) >= 11 is 12.3. The Morgan fingerprint density at radius 1 is 1.10 bits per heavy atom. The van der Waals surface area contributed by atoms with Crippen LogP contribution in [0.1, 0.15) is 28.9 Å². The number of imide groups is 1. The summed E-state index contributed by atoms with van der Waals surface area (Å²) in [5, 5.41) is 15.8. The molecule has 0 bridgehead atoms. The molecule has 0 aliphatic carbocycles. The summed E-state index contributed by atoms with van der Waals surface area (Å²) < 4.78 is 0. The highest BCUT2D eigenvalue weighted by molar-refractivity contribution is 6.36. The standard InChI is InChI=1S/C22H19Cl2N3O4/c1-11(28)12-2-4-13(5-3-12)20(29)18-9-7-15-19(22(31)25-21(15)30)27(18)26-17-8-6-14(23)10-16(17)24/h2-10,15,18-20,26,29H,1H3,(H,25,30,31). The predicted molar refractivity (Wildman–Crippen MR) is 117 cm³/mol. The molecule has 2 aliphatic rings. The van der Waals surface area contributed by atoms with Gasteiger partial charge in [-0.05, 0) is 30.7 Å². The summed E-state index contributed by atoms with van der Waals surface area (Å²) in [7, 11) is 0. The van der Waals surface area contributed by atoms with Crippen LogP contribution >= 0.6 is 23.2 Å². The van der Waals surface area contributed by atoms with Crippen molar-refractivity contribution in [1.29, 1.82) is 0 Å². The zero-order chi connectivity index (χ0) is 22.3. The smallest absolute Gasteiger partial charge is 0.246 e. The fraction of sp³-hybridized carbons (Fsp3) is 0.227. The van der Waals surface area contributed by atoms with E-state index in [1.54, 1.807) is 54.6 Å². The summed E-state index contributed by atoms with van der Waals surface area (Å²) in [5.74, 6) is -1.65. The van der Waals surface area contributed by atoms with Crippen molar-refractivity contribution in [2.24, 2.45) is 5.92 Å². The number of fused-ring (bicyclic) bond motifs is 1. The minimum Gasteiger partial charge on any atom is -0.386 e. The van der Waals surface area contributed by atoms with Gasteiger partial charge in [0.25, 0.3) is 0 Å². The van der Waals surface area contributed by atoms with Crippen LogP contribution in [-0.2, 0) is 9.59 Å².